The normalized spacial score (nSPS) is 14.7. The van der Waals surface area contributed by atoms with E-state index in [2.05, 4.69) is 118 Å². The summed E-state index contributed by atoms with van der Waals surface area (Å²) in [7, 11) is 0. The monoisotopic (exact) mass is 1100 g/mol. The SMILES string of the molecule is CCCCCCCC(C)N1C(=O)c2ccc3c4ccc5c6ccc7c8ccc9c%10ccc%11c%12c(ccc(c%13ccc(c%14ccc(c%15ccc(c%16ccc(c2c3%16)C1=O)c4c5%15)c6c7%14)c8c9%13)c%12%10)C(=O)N(C(CCCCCCC)CCCCCCC)C%11=O. The molecule has 6 nitrogen and oxygen atoms in total. The third kappa shape index (κ3) is 7.09. The molecule has 416 valence electrons. The van der Waals surface area contributed by atoms with Gasteiger partial charge in [0.15, 0.2) is 0 Å². The number of carbonyl (C=O) groups excluding carboxylic acids is 4. The largest absolute Gasteiger partial charge is 0.272 e. The van der Waals surface area contributed by atoms with Crippen molar-refractivity contribution in [3.8, 4) is 0 Å². The van der Waals surface area contributed by atoms with E-state index in [0.717, 1.165) is 122 Å². The number of imide groups is 2. The second-order valence-electron chi connectivity index (χ2n) is 25.4. The third-order valence-corrected chi connectivity index (χ3v) is 20.7. The topological polar surface area (TPSA) is 74.8 Å². The molecule has 84 heavy (non-hydrogen) atoms. The van der Waals surface area contributed by atoms with Gasteiger partial charge in [0.05, 0.1) is 0 Å². The summed E-state index contributed by atoms with van der Waals surface area (Å²) in [5.74, 6) is -0.639. The first-order valence-corrected chi connectivity index (χ1v) is 32.0. The number of benzene rings is 14. The van der Waals surface area contributed by atoms with Gasteiger partial charge < -0.3 is 0 Å². The maximum absolute atomic E-state index is 15.0. The first-order valence-electron chi connectivity index (χ1n) is 32.0. The minimum Gasteiger partial charge on any atom is -0.272 e. The Morgan fingerprint density at radius 1 is 0.250 bits per heavy atom. The molecule has 0 aliphatic carbocycles. The van der Waals surface area contributed by atoms with Crippen molar-refractivity contribution in [3.05, 3.63) is 144 Å². The molecule has 16 rings (SSSR count). The van der Waals surface area contributed by atoms with E-state index in [-0.39, 0.29) is 35.7 Å². The fraction of sp³-hybridized carbons (Fsp3) is 0.308. The Hall–Kier alpha value is -8.22. The minimum atomic E-state index is -0.183. The Morgan fingerprint density at radius 3 is 0.702 bits per heavy atom. The van der Waals surface area contributed by atoms with Crippen LogP contribution in [0, 0.1) is 0 Å². The van der Waals surface area contributed by atoms with Crippen LogP contribution in [-0.4, -0.2) is 45.5 Å². The molecule has 0 N–H and O–H groups in total. The molecule has 0 aromatic heterocycles. The molecule has 0 spiro atoms. The molecule has 14 aromatic rings. The van der Waals surface area contributed by atoms with Gasteiger partial charge >= 0.3 is 0 Å². The van der Waals surface area contributed by atoms with Gasteiger partial charge in [0.1, 0.15) is 0 Å². The lowest BCUT2D eigenvalue weighted by Crippen LogP contribution is -2.47. The van der Waals surface area contributed by atoms with Crippen LogP contribution in [0.5, 0.6) is 0 Å². The summed E-state index contributed by atoms with van der Waals surface area (Å²) in [4.78, 5) is 62.0. The zero-order chi connectivity index (χ0) is 56.8. The van der Waals surface area contributed by atoms with Gasteiger partial charge in [-0.3, -0.25) is 29.0 Å². The highest BCUT2D eigenvalue weighted by Gasteiger charge is 2.40. The number of fused-ring (bicyclic) bond motifs is 8. The van der Waals surface area contributed by atoms with Crippen molar-refractivity contribution in [3.63, 3.8) is 0 Å². The highest BCUT2D eigenvalue weighted by Crippen LogP contribution is 2.54. The number of hydrogen-bond acceptors (Lipinski definition) is 4. The summed E-state index contributed by atoms with van der Waals surface area (Å²) < 4.78 is 0. The van der Waals surface area contributed by atoms with Crippen LogP contribution in [0.1, 0.15) is 185 Å². The van der Waals surface area contributed by atoms with Gasteiger partial charge in [-0.1, -0.05) is 214 Å². The fourth-order valence-corrected chi connectivity index (χ4v) is 16.8. The molecule has 2 aliphatic rings. The molecule has 2 aliphatic heterocycles. The zero-order valence-corrected chi connectivity index (χ0v) is 49.0. The molecule has 4 amide bonds. The van der Waals surface area contributed by atoms with Crippen molar-refractivity contribution in [1.82, 2.24) is 9.80 Å². The number of amides is 4. The first kappa shape index (κ1) is 51.4. The molecule has 0 radical (unpaired) electrons. The van der Waals surface area contributed by atoms with E-state index >= 15 is 0 Å². The maximum Gasteiger partial charge on any atom is 0.261 e. The molecular weight excluding hydrogens is 1030 g/mol. The molecule has 6 heteroatoms. The van der Waals surface area contributed by atoms with Crippen molar-refractivity contribution in [2.45, 2.75) is 155 Å². The quantitative estimate of drug-likeness (QED) is 0.0330. The van der Waals surface area contributed by atoms with Gasteiger partial charge in [0.25, 0.3) is 23.6 Å². The number of rotatable bonds is 20. The van der Waals surface area contributed by atoms with E-state index in [4.69, 9.17) is 0 Å². The average molecular weight is 1100 g/mol. The van der Waals surface area contributed by atoms with Crippen LogP contribution in [0.15, 0.2) is 121 Å². The van der Waals surface area contributed by atoms with Crippen molar-refractivity contribution >= 4 is 164 Å². The third-order valence-electron chi connectivity index (χ3n) is 20.7. The molecule has 1 atom stereocenters. The van der Waals surface area contributed by atoms with Crippen LogP contribution >= 0.6 is 0 Å². The number of unbranched alkanes of at least 4 members (excludes halogenated alkanes) is 12. The Morgan fingerprint density at radius 2 is 0.452 bits per heavy atom. The fourth-order valence-electron chi connectivity index (χ4n) is 16.8. The van der Waals surface area contributed by atoms with Crippen LogP contribution in [-0.2, 0) is 0 Å². The summed E-state index contributed by atoms with van der Waals surface area (Å²) in [6.07, 6.45) is 19.7. The van der Waals surface area contributed by atoms with E-state index in [9.17, 15) is 19.2 Å². The van der Waals surface area contributed by atoms with Gasteiger partial charge in [-0.25, -0.2) is 0 Å². The van der Waals surface area contributed by atoms with Crippen molar-refractivity contribution in [2.75, 3.05) is 0 Å². The molecule has 1 unspecified atom stereocenters. The van der Waals surface area contributed by atoms with Crippen molar-refractivity contribution < 1.29 is 19.2 Å². The lowest BCUT2D eigenvalue weighted by Gasteiger charge is -2.35. The average Bonchev–Trinajstić information content (AvgIpc) is 0.733. The van der Waals surface area contributed by atoms with Gasteiger partial charge in [-0.05, 0) is 180 Å². The molecule has 0 saturated carbocycles. The summed E-state index contributed by atoms with van der Waals surface area (Å²) in [5, 5.41) is 29.7. The molecular formula is C78H70N2O4. The molecule has 2 heterocycles. The second-order valence-corrected chi connectivity index (χ2v) is 25.4. The standard InChI is InChI=1S/C78H70N2O4/c1-5-8-11-14-17-20-43(4)79-75(81)61-39-35-57-53-31-27-49-45-23-25-47-51-29-33-55-59-37-41-63-74-64(78(84)80(77(63)83)44(21-18-15-12-9-6-2)22-19-16-13-10-7-3)42-38-60(72(59)74)56-34-30-52(68(51)70(55)56)48-26-24-46(65(45)66(47)48)50-28-32-54(69(53)67(49)50)58-36-40-62(76(79)82)73(61)71(57)58/h23-44H,5-22H2,1-4H3. The van der Waals surface area contributed by atoms with Crippen molar-refractivity contribution in [1.29, 1.82) is 0 Å². The van der Waals surface area contributed by atoms with Gasteiger partial charge in [0.2, 0.25) is 0 Å². The zero-order valence-electron chi connectivity index (χ0n) is 49.0. The second kappa shape index (κ2) is 19.7. The lowest BCUT2D eigenvalue weighted by atomic mass is 9.79. The van der Waals surface area contributed by atoms with E-state index in [1.165, 1.54) is 138 Å². The van der Waals surface area contributed by atoms with Crippen LogP contribution in [0.4, 0.5) is 0 Å². The summed E-state index contributed by atoms with van der Waals surface area (Å²) >= 11 is 0. The van der Waals surface area contributed by atoms with Gasteiger partial charge in [0, 0.05) is 45.1 Å². The predicted molar refractivity (Wildman–Crippen MR) is 353 cm³/mol. The molecule has 0 fully saturated rings. The number of hydrogen-bond donors (Lipinski definition) is 0. The van der Waals surface area contributed by atoms with Crippen molar-refractivity contribution in [2.24, 2.45) is 0 Å². The Balaban J connectivity index is 0.825. The predicted octanol–water partition coefficient (Wildman–Crippen LogP) is 21.5. The van der Waals surface area contributed by atoms with E-state index < -0.39 is 0 Å². The van der Waals surface area contributed by atoms with Crippen LogP contribution in [0.3, 0.4) is 0 Å². The summed E-state index contributed by atoms with van der Waals surface area (Å²) in [6.45, 7) is 8.73. The van der Waals surface area contributed by atoms with Crippen LogP contribution in [0.2, 0.25) is 0 Å². The molecule has 0 saturated heterocycles. The maximum atomic E-state index is 15.0. The Bertz CT molecular complexity index is 4800. The van der Waals surface area contributed by atoms with E-state index in [1.54, 1.807) is 4.90 Å². The molecule has 0 bridgehead atoms. The van der Waals surface area contributed by atoms with Gasteiger partial charge in [-0.2, -0.15) is 0 Å². The van der Waals surface area contributed by atoms with Crippen LogP contribution in [0.25, 0.3) is 140 Å². The number of nitrogens with zero attached hydrogens (tertiary/aromatic N) is 2. The van der Waals surface area contributed by atoms with Crippen LogP contribution < -0.4 is 0 Å². The van der Waals surface area contributed by atoms with Gasteiger partial charge in [-0.15, -0.1) is 0 Å². The summed E-state index contributed by atoms with van der Waals surface area (Å²) in [5.41, 5.74) is 2.54. The lowest BCUT2D eigenvalue weighted by molar-refractivity contribution is 0.0509. The first-order chi connectivity index (χ1) is 41.2. The highest BCUT2D eigenvalue weighted by molar-refractivity contribution is 6.49. The minimum absolute atomic E-state index is 0.103. The van der Waals surface area contributed by atoms with E-state index in [1.807, 2.05) is 31.2 Å². The Labute approximate surface area is 489 Å². The smallest absolute Gasteiger partial charge is 0.261 e. The van der Waals surface area contributed by atoms with E-state index in [0.29, 0.717) is 22.3 Å². The molecule has 14 aromatic carbocycles. The highest BCUT2D eigenvalue weighted by atomic mass is 16.2. The summed E-state index contributed by atoms with van der Waals surface area (Å²) in [6, 6.07) is 44.2. The Kier molecular flexibility index (Phi) is 12.1. The number of carbonyl (C=O) groups is 4.